The summed E-state index contributed by atoms with van der Waals surface area (Å²) in [7, 11) is 1.56. The maximum absolute atomic E-state index is 13.7. The third-order valence-corrected chi connectivity index (χ3v) is 8.68. The Hall–Kier alpha value is -6.00. The minimum absolute atomic E-state index is 0.0427. The van der Waals surface area contributed by atoms with Gasteiger partial charge in [-0.25, -0.2) is 0 Å². The van der Waals surface area contributed by atoms with Gasteiger partial charge in [-0.1, -0.05) is 66.7 Å². The number of fused-ring (bicyclic) bond motifs is 1. The van der Waals surface area contributed by atoms with Gasteiger partial charge >= 0.3 is 0 Å². The van der Waals surface area contributed by atoms with Gasteiger partial charge in [-0.05, 0) is 71.8 Å². The van der Waals surface area contributed by atoms with Crippen LogP contribution in [0.2, 0.25) is 0 Å². The molecule has 1 unspecified atom stereocenters. The number of benzene rings is 5. The second-order valence-electron chi connectivity index (χ2n) is 10.9. The van der Waals surface area contributed by atoms with E-state index in [2.05, 4.69) is 16.0 Å². The van der Waals surface area contributed by atoms with Crippen LogP contribution in [0.25, 0.3) is 6.08 Å². The zero-order valence-electron chi connectivity index (χ0n) is 26.6. The SMILES string of the molecule is COc1cccc(/C=C(\NC(=O)c2ccccc2)C(=O)Nc2cccc(SC(C(=O)Nc3ccc4c(c3)OCCO4)c3ccccc3)c2)c1. The van der Waals surface area contributed by atoms with Crippen molar-refractivity contribution in [1.29, 1.82) is 0 Å². The Morgan fingerprint density at radius 1 is 0.735 bits per heavy atom. The van der Waals surface area contributed by atoms with Gasteiger partial charge < -0.3 is 30.2 Å². The van der Waals surface area contributed by atoms with Gasteiger partial charge in [-0.2, -0.15) is 0 Å². The van der Waals surface area contributed by atoms with Gasteiger partial charge in [0.15, 0.2) is 11.5 Å². The summed E-state index contributed by atoms with van der Waals surface area (Å²) in [6.45, 7) is 0.921. The molecule has 1 aliphatic heterocycles. The molecule has 1 aliphatic rings. The molecule has 3 amide bonds. The lowest BCUT2D eigenvalue weighted by Gasteiger charge is -2.20. The van der Waals surface area contributed by atoms with Crippen LogP contribution < -0.4 is 30.2 Å². The van der Waals surface area contributed by atoms with Gasteiger partial charge in [0.1, 0.15) is 29.9 Å². The Kier molecular flexibility index (Phi) is 10.6. The Morgan fingerprint density at radius 3 is 2.22 bits per heavy atom. The van der Waals surface area contributed by atoms with Crippen LogP contribution in [0, 0.1) is 0 Å². The summed E-state index contributed by atoms with van der Waals surface area (Å²) in [6, 6.07) is 37.8. The zero-order valence-corrected chi connectivity index (χ0v) is 27.4. The number of ether oxygens (including phenoxy) is 3. The lowest BCUT2D eigenvalue weighted by atomic mass is 10.1. The summed E-state index contributed by atoms with van der Waals surface area (Å²) in [6.07, 6.45) is 1.59. The van der Waals surface area contributed by atoms with Gasteiger partial charge in [0.05, 0.1) is 7.11 Å². The summed E-state index contributed by atoms with van der Waals surface area (Å²) in [5, 5.41) is 8.06. The van der Waals surface area contributed by atoms with Crippen LogP contribution >= 0.6 is 11.8 Å². The summed E-state index contributed by atoms with van der Waals surface area (Å²) in [5.74, 6) is 0.650. The summed E-state index contributed by atoms with van der Waals surface area (Å²) in [4.78, 5) is 41.3. The van der Waals surface area contributed by atoms with E-state index in [1.165, 1.54) is 11.8 Å². The van der Waals surface area contributed by atoms with Crippen molar-refractivity contribution in [3.63, 3.8) is 0 Å². The van der Waals surface area contributed by atoms with Gasteiger partial charge in [0.25, 0.3) is 11.8 Å². The molecule has 0 saturated carbocycles. The first-order chi connectivity index (χ1) is 23.9. The Morgan fingerprint density at radius 2 is 1.45 bits per heavy atom. The number of carbonyl (C=O) groups excluding carboxylic acids is 3. The average molecular weight is 672 g/mol. The summed E-state index contributed by atoms with van der Waals surface area (Å²) < 4.78 is 16.6. The van der Waals surface area contributed by atoms with E-state index in [1.807, 2.05) is 48.5 Å². The number of nitrogens with one attached hydrogen (secondary N) is 3. The van der Waals surface area contributed by atoms with Crippen molar-refractivity contribution in [2.75, 3.05) is 31.0 Å². The van der Waals surface area contributed by atoms with Crippen LogP contribution in [0.1, 0.15) is 26.7 Å². The Bertz CT molecular complexity index is 1980. The van der Waals surface area contributed by atoms with E-state index >= 15 is 0 Å². The summed E-state index contributed by atoms with van der Waals surface area (Å²) in [5.41, 5.74) is 3.00. The molecule has 10 heteroatoms. The Labute approximate surface area is 288 Å². The fourth-order valence-corrected chi connectivity index (χ4v) is 6.14. The number of hydrogen-bond acceptors (Lipinski definition) is 7. The van der Waals surface area contributed by atoms with Crippen LogP contribution in [0.4, 0.5) is 11.4 Å². The third-order valence-electron chi connectivity index (χ3n) is 7.43. The van der Waals surface area contributed by atoms with E-state index in [4.69, 9.17) is 14.2 Å². The van der Waals surface area contributed by atoms with Gasteiger partial charge in [-0.15, -0.1) is 11.8 Å². The molecule has 0 radical (unpaired) electrons. The van der Waals surface area contributed by atoms with Crippen molar-refractivity contribution in [1.82, 2.24) is 5.32 Å². The van der Waals surface area contributed by atoms with Crippen molar-refractivity contribution < 1.29 is 28.6 Å². The van der Waals surface area contributed by atoms with E-state index in [1.54, 1.807) is 92.0 Å². The third kappa shape index (κ3) is 8.68. The van der Waals surface area contributed by atoms with Crippen LogP contribution in [-0.2, 0) is 9.59 Å². The minimum Gasteiger partial charge on any atom is -0.497 e. The number of carbonyl (C=O) groups is 3. The molecule has 9 nitrogen and oxygen atoms in total. The standard InChI is InChI=1S/C39H33N3O6S/c1-46-31-16-8-10-26(22-31)23-33(42-37(43)28-13-6-3-7-14-28)38(44)40-29-15-9-17-32(24-29)49-36(27-11-4-2-5-12-27)39(45)41-30-18-19-34-35(25-30)48-21-20-47-34/h2-19,22-25,36H,20-21H2,1H3,(H,40,44)(H,41,45)(H,42,43)/b33-23-. The second kappa shape index (κ2) is 15.7. The lowest BCUT2D eigenvalue weighted by molar-refractivity contribution is -0.116. The van der Waals surface area contributed by atoms with Crippen LogP contribution in [-0.4, -0.2) is 38.0 Å². The van der Waals surface area contributed by atoms with E-state index in [0.29, 0.717) is 53.0 Å². The number of thioether (sulfide) groups is 1. The molecule has 0 aromatic heterocycles. The maximum Gasteiger partial charge on any atom is 0.272 e. The highest BCUT2D eigenvalue weighted by Gasteiger charge is 2.24. The van der Waals surface area contributed by atoms with E-state index in [9.17, 15) is 14.4 Å². The van der Waals surface area contributed by atoms with Crippen LogP contribution in [0.3, 0.4) is 0 Å². The highest BCUT2D eigenvalue weighted by atomic mass is 32.2. The molecule has 5 aromatic rings. The molecule has 0 bridgehead atoms. The second-order valence-corrected chi connectivity index (χ2v) is 12.1. The fraction of sp³-hybridized carbons (Fsp3) is 0.103. The highest BCUT2D eigenvalue weighted by Crippen LogP contribution is 2.38. The van der Waals surface area contributed by atoms with Crippen molar-refractivity contribution in [3.8, 4) is 17.2 Å². The molecule has 6 rings (SSSR count). The van der Waals surface area contributed by atoms with E-state index in [0.717, 1.165) is 10.5 Å². The van der Waals surface area contributed by atoms with Crippen molar-refractivity contribution in [2.24, 2.45) is 0 Å². The van der Waals surface area contributed by atoms with E-state index < -0.39 is 17.1 Å². The number of anilines is 2. The molecule has 0 spiro atoms. The van der Waals surface area contributed by atoms with Crippen molar-refractivity contribution >= 4 is 46.9 Å². The predicted molar refractivity (Wildman–Crippen MR) is 191 cm³/mol. The number of amides is 3. The van der Waals surface area contributed by atoms with Gasteiger partial charge in [0, 0.05) is 27.9 Å². The topological polar surface area (TPSA) is 115 Å². The highest BCUT2D eigenvalue weighted by molar-refractivity contribution is 8.00. The largest absolute Gasteiger partial charge is 0.497 e. The molecule has 0 aliphatic carbocycles. The quantitative estimate of drug-likeness (QED) is 0.0994. The number of rotatable bonds is 11. The summed E-state index contributed by atoms with van der Waals surface area (Å²) >= 11 is 1.34. The first kappa shape index (κ1) is 32.9. The number of hydrogen-bond donors (Lipinski definition) is 3. The fourth-order valence-electron chi connectivity index (χ4n) is 5.05. The van der Waals surface area contributed by atoms with Crippen LogP contribution in [0.5, 0.6) is 17.2 Å². The van der Waals surface area contributed by atoms with E-state index in [-0.39, 0.29) is 11.6 Å². The first-order valence-electron chi connectivity index (χ1n) is 15.5. The molecule has 1 atom stereocenters. The van der Waals surface area contributed by atoms with Crippen molar-refractivity contribution in [3.05, 3.63) is 150 Å². The average Bonchev–Trinajstić information content (AvgIpc) is 3.14. The van der Waals surface area contributed by atoms with Gasteiger partial charge in [0.2, 0.25) is 5.91 Å². The molecule has 0 fully saturated rings. The number of methoxy groups -OCH3 is 1. The van der Waals surface area contributed by atoms with Gasteiger partial charge in [-0.3, -0.25) is 14.4 Å². The maximum atomic E-state index is 13.7. The zero-order chi connectivity index (χ0) is 34.0. The van der Waals surface area contributed by atoms with Crippen LogP contribution in [0.15, 0.2) is 138 Å². The minimum atomic E-state index is -0.617. The lowest BCUT2D eigenvalue weighted by Crippen LogP contribution is -2.30. The smallest absolute Gasteiger partial charge is 0.272 e. The molecule has 49 heavy (non-hydrogen) atoms. The molecule has 5 aromatic carbocycles. The first-order valence-corrected chi connectivity index (χ1v) is 16.4. The monoisotopic (exact) mass is 671 g/mol. The normalized spacial score (nSPS) is 12.7. The molecule has 3 N–H and O–H groups in total. The molecular weight excluding hydrogens is 639 g/mol. The molecule has 1 heterocycles. The Balaban J connectivity index is 1.22. The molecule has 0 saturated heterocycles. The molecule has 246 valence electrons. The molecular formula is C39H33N3O6S. The van der Waals surface area contributed by atoms with Crippen molar-refractivity contribution in [2.45, 2.75) is 10.1 Å². The predicted octanol–water partition coefficient (Wildman–Crippen LogP) is 7.35.